The van der Waals surface area contributed by atoms with Gasteiger partial charge >= 0.3 is 0 Å². The molecule has 2 aromatic carbocycles. The minimum absolute atomic E-state index is 0.0498. The molecule has 2 rings (SSSR count). The quantitative estimate of drug-likeness (QED) is 0.745. The molecule has 0 aliphatic heterocycles. The maximum absolute atomic E-state index is 12.4. The number of hydrogen-bond acceptors (Lipinski definition) is 4. The number of nitrogens with zero attached hydrogens (tertiary/aromatic N) is 1. The average Bonchev–Trinajstić information content (AvgIpc) is 2.68. The number of likely N-dealkylation sites (N-methyl/N-ethyl adjacent to an activating group) is 1. The molecule has 0 aromatic heterocycles. The SMILES string of the molecule is COc1ccc(OC)c(/C=C/C(=O)N(C)CC(=O)Nc2cc(C)ccc2C)c1. The Bertz CT molecular complexity index is 890. The molecule has 0 atom stereocenters. The van der Waals surface area contributed by atoms with Crippen LogP contribution in [0.15, 0.2) is 42.5 Å². The third kappa shape index (κ3) is 5.61. The molecule has 6 nitrogen and oxygen atoms in total. The van der Waals surface area contributed by atoms with E-state index in [4.69, 9.17) is 9.47 Å². The number of anilines is 1. The average molecular weight is 382 g/mol. The predicted molar refractivity (Wildman–Crippen MR) is 111 cm³/mol. The van der Waals surface area contributed by atoms with Crippen LogP contribution in [0.2, 0.25) is 0 Å². The second-order valence-corrected chi connectivity index (χ2v) is 6.50. The third-order valence-electron chi connectivity index (χ3n) is 4.27. The summed E-state index contributed by atoms with van der Waals surface area (Å²) in [7, 11) is 4.71. The molecule has 0 spiro atoms. The van der Waals surface area contributed by atoms with Gasteiger partial charge in [0.25, 0.3) is 0 Å². The van der Waals surface area contributed by atoms with Crippen LogP contribution in [0.25, 0.3) is 6.08 Å². The van der Waals surface area contributed by atoms with E-state index in [1.54, 1.807) is 45.5 Å². The zero-order valence-electron chi connectivity index (χ0n) is 16.9. The number of methoxy groups -OCH3 is 2. The molecule has 0 saturated carbocycles. The molecule has 1 N–H and O–H groups in total. The first-order valence-corrected chi connectivity index (χ1v) is 8.86. The van der Waals surface area contributed by atoms with Crippen molar-refractivity contribution in [3.05, 3.63) is 59.2 Å². The fraction of sp³-hybridized carbons (Fsp3) is 0.273. The molecule has 0 aliphatic rings. The molecule has 0 heterocycles. The Morgan fingerprint density at radius 2 is 1.82 bits per heavy atom. The van der Waals surface area contributed by atoms with E-state index in [1.165, 1.54) is 11.0 Å². The van der Waals surface area contributed by atoms with Crippen LogP contribution >= 0.6 is 0 Å². The van der Waals surface area contributed by atoms with Crippen LogP contribution in [0.1, 0.15) is 16.7 Å². The fourth-order valence-electron chi connectivity index (χ4n) is 2.61. The highest BCUT2D eigenvalue weighted by molar-refractivity contribution is 5.98. The highest BCUT2D eigenvalue weighted by atomic mass is 16.5. The maximum Gasteiger partial charge on any atom is 0.246 e. The van der Waals surface area contributed by atoms with E-state index in [0.29, 0.717) is 17.1 Å². The Morgan fingerprint density at radius 3 is 2.50 bits per heavy atom. The lowest BCUT2D eigenvalue weighted by molar-refractivity contribution is -0.129. The summed E-state index contributed by atoms with van der Waals surface area (Å²) in [4.78, 5) is 26.0. The summed E-state index contributed by atoms with van der Waals surface area (Å²) < 4.78 is 10.5. The first-order valence-electron chi connectivity index (χ1n) is 8.86. The van der Waals surface area contributed by atoms with Gasteiger partial charge in [-0.1, -0.05) is 12.1 Å². The van der Waals surface area contributed by atoms with Crippen LogP contribution < -0.4 is 14.8 Å². The van der Waals surface area contributed by atoms with Gasteiger partial charge in [0.15, 0.2) is 0 Å². The van der Waals surface area contributed by atoms with Crippen molar-refractivity contribution >= 4 is 23.6 Å². The zero-order valence-corrected chi connectivity index (χ0v) is 16.9. The van der Waals surface area contributed by atoms with E-state index in [0.717, 1.165) is 16.8 Å². The molecule has 0 unspecified atom stereocenters. The summed E-state index contributed by atoms with van der Waals surface area (Å²) in [6.45, 7) is 3.84. The number of ether oxygens (including phenoxy) is 2. The molecule has 2 aromatic rings. The van der Waals surface area contributed by atoms with Crippen molar-refractivity contribution in [2.75, 3.05) is 33.1 Å². The first kappa shape index (κ1) is 21.0. The Balaban J connectivity index is 2.01. The molecule has 0 aliphatic carbocycles. The van der Waals surface area contributed by atoms with Gasteiger partial charge in [0.2, 0.25) is 11.8 Å². The van der Waals surface area contributed by atoms with E-state index in [9.17, 15) is 9.59 Å². The van der Waals surface area contributed by atoms with E-state index in [-0.39, 0.29) is 18.4 Å². The van der Waals surface area contributed by atoms with Gasteiger partial charge in [-0.3, -0.25) is 9.59 Å². The normalized spacial score (nSPS) is 10.6. The number of amides is 2. The van der Waals surface area contributed by atoms with E-state index in [2.05, 4.69) is 5.32 Å². The second-order valence-electron chi connectivity index (χ2n) is 6.50. The Kier molecular flexibility index (Phi) is 7.21. The topological polar surface area (TPSA) is 67.9 Å². The Hall–Kier alpha value is -3.28. The highest BCUT2D eigenvalue weighted by Crippen LogP contribution is 2.25. The number of carbonyl (C=O) groups is 2. The Labute approximate surface area is 165 Å². The molecule has 6 heteroatoms. The van der Waals surface area contributed by atoms with Crippen molar-refractivity contribution < 1.29 is 19.1 Å². The molecular formula is C22H26N2O4. The van der Waals surface area contributed by atoms with E-state index >= 15 is 0 Å². The zero-order chi connectivity index (χ0) is 20.7. The number of benzene rings is 2. The minimum Gasteiger partial charge on any atom is -0.497 e. The summed E-state index contributed by atoms with van der Waals surface area (Å²) in [5.41, 5.74) is 3.49. The number of aryl methyl sites for hydroxylation is 2. The molecular weight excluding hydrogens is 356 g/mol. The van der Waals surface area contributed by atoms with Crippen molar-refractivity contribution in [3.8, 4) is 11.5 Å². The summed E-state index contributed by atoms with van der Waals surface area (Å²) in [6, 6.07) is 11.2. The van der Waals surface area contributed by atoms with Crippen molar-refractivity contribution in [1.82, 2.24) is 4.90 Å². The van der Waals surface area contributed by atoms with E-state index in [1.807, 2.05) is 32.0 Å². The summed E-state index contributed by atoms with van der Waals surface area (Å²) in [5.74, 6) is 0.743. The Morgan fingerprint density at radius 1 is 1.07 bits per heavy atom. The lowest BCUT2D eigenvalue weighted by Crippen LogP contribution is -2.34. The van der Waals surface area contributed by atoms with Crippen molar-refractivity contribution in [1.29, 1.82) is 0 Å². The fourth-order valence-corrected chi connectivity index (χ4v) is 2.61. The van der Waals surface area contributed by atoms with Crippen LogP contribution in [0.5, 0.6) is 11.5 Å². The monoisotopic (exact) mass is 382 g/mol. The second kappa shape index (κ2) is 9.60. The van der Waals surface area contributed by atoms with Crippen LogP contribution in [0.4, 0.5) is 5.69 Å². The van der Waals surface area contributed by atoms with Crippen LogP contribution in [-0.2, 0) is 9.59 Å². The van der Waals surface area contributed by atoms with Crippen LogP contribution in [0, 0.1) is 13.8 Å². The van der Waals surface area contributed by atoms with Crippen LogP contribution in [0.3, 0.4) is 0 Å². The van der Waals surface area contributed by atoms with Gasteiger partial charge in [-0.05, 0) is 55.3 Å². The molecule has 0 bridgehead atoms. The lowest BCUT2D eigenvalue weighted by Gasteiger charge is -2.16. The van der Waals surface area contributed by atoms with E-state index < -0.39 is 0 Å². The molecule has 2 amide bonds. The number of hydrogen-bond donors (Lipinski definition) is 1. The molecule has 0 radical (unpaired) electrons. The van der Waals surface area contributed by atoms with Gasteiger partial charge in [0, 0.05) is 24.4 Å². The predicted octanol–water partition coefficient (Wildman–Crippen LogP) is 3.43. The molecule has 148 valence electrons. The summed E-state index contributed by atoms with van der Waals surface area (Å²) in [6.07, 6.45) is 3.05. The summed E-state index contributed by atoms with van der Waals surface area (Å²) in [5, 5.41) is 2.85. The van der Waals surface area contributed by atoms with Gasteiger partial charge in [-0.2, -0.15) is 0 Å². The minimum atomic E-state index is -0.291. The molecule has 0 saturated heterocycles. The van der Waals surface area contributed by atoms with Gasteiger partial charge in [0.05, 0.1) is 20.8 Å². The number of nitrogens with one attached hydrogen (secondary N) is 1. The van der Waals surface area contributed by atoms with Crippen molar-refractivity contribution in [3.63, 3.8) is 0 Å². The molecule has 0 fully saturated rings. The van der Waals surface area contributed by atoms with Crippen molar-refractivity contribution in [2.45, 2.75) is 13.8 Å². The summed E-state index contributed by atoms with van der Waals surface area (Å²) >= 11 is 0. The molecule has 28 heavy (non-hydrogen) atoms. The van der Waals surface area contributed by atoms with Crippen LogP contribution in [-0.4, -0.2) is 44.5 Å². The lowest BCUT2D eigenvalue weighted by atomic mass is 10.1. The number of carbonyl (C=O) groups excluding carboxylic acids is 2. The largest absolute Gasteiger partial charge is 0.497 e. The van der Waals surface area contributed by atoms with Gasteiger partial charge in [-0.15, -0.1) is 0 Å². The van der Waals surface area contributed by atoms with Gasteiger partial charge < -0.3 is 19.7 Å². The van der Waals surface area contributed by atoms with Gasteiger partial charge in [0.1, 0.15) is 11.5 Å². The smallest absolute Gasteiger partial charge is 0.246 e. The number of rotatable bonds is 7. The standard InChI is InChI=1S/C22H26N2O4/c1-15-6-7-16(2)19(12-15)23-21(25)14-24(3)22(26)11-8-17-13-18(27-4)9-10-20(17)28-5/h6-13H,14H2,1-5H3,(H,23,25)/b11-8+. The third-order valence-corrected chi connectivity index (χ3v) is 4.27. The maximum atomic E-state index is 12.4. The van der Waals surface area contributed by atoms with Crippen molar-refractivity contribution in [2.24, 2.45) is 0 Å². The highest BCUT2D eigenvalue weighted by Gasteiger charge is 2.12. The van der Waals surface area contributed by atoms with Gasteiger partial charge in [-0.25, -0.2) is 0 Å². The first-order chi connectivity index (χ1) is 13.3.